The molecule has 14 heteroatoms. The minimum atomic E-state index is -1.02. The molecule has 0 unspecified atom stereocenters. The number of rotatable bonds is 7. The molecular weight excluding hydrogens is 606 g/mol. The van der Waals surface area contributed by atoms with Crippen molar-refractivity contribution in [2.24, 2.45) is 0 Å². The molecule has 1 aliphatic heterocycles. The predicted octanol–water partition coefficient (Wildman–Crippen LogP) is 1.12. The Bertz CT molecular complexity index is 2290. The van der Waals surface area contributed by atoms with E-state index in [1.165, 1.54) is 18.3 Å². The second-order valence-corrected chi connectivity index (χ2v) is 11.9. The minimum absolute atomic E-state index is 0.0124. The third-order valence-electron chi connectivity index (χ3n) is 9.17. The number of benzene rings is 2. The van der Waals surface area contributed by atoms with Gasteiger partial charge in [0.25, 0.3) is 22.7 Å². The van der Waals surface area contributed by atoms with Gasteiger partial charge in [0.15, 0.2) is 5.65 Å². The van der Waals surface area contributed by atoms with Crippen molar-refractivity contribution < 1.29 is 19.5 Å². The van der Waals surface area contributed by atoms with E-state index in [4.69, 9.17) is 5.73 Å². The van der Waals surface area contributed by atoms with Crippen LogP contribution in [-0.2, 0) is 25.9 Å². The van der Waals surface area contributed by atoms with Crippen molar-refractivity contribution in [2.75, 3.05) is 17.2 Å². The van der Waals surface area contributed by atoms with Gasteiger partial charge in [-0.25, -0.2) is 19.0 Å². The molecule has 3 aromatic carbocycles. The van der Waals surface area contributed by atoms with Crippen LogP contribution < -0.4 is 37.8 Å². The van der Waals surface area contributed by atoms with Crippen LogP contribution in [0.4, 0.5) is 11.4 Å². The van der Waals surface area contributed by atoms with Gasteiger partial charge < -0.3 is 31.4 Å². The Morgan fingerprint density at radius 1 is 1.04 bits per heavy atom. The molecule has 1 atom stereocenters. The quantitative estimate of drug-likeness (QED) is 0.161. The van der Waals surface area contributed by atoms with Crippen molar-refractivity contribution in [1.29, 1.82) is 0 Å². The maximum absolute atomic E-state index is 13.6. The minimum Gasteiger partial charge on any atom is -0.478 e. The molecule has 2 amide bonds. The Morgan fingerprint density at radius 3 is 2.62 bits per heavy atom. The van der Waals surface area contributed by atoms with Gasteiger partial charge in [0.05, 0.1) is 11.6 Å². The summed E-state index contributed by atoms with van der Waals surface area (Å²) in [6.45, 7) is 2.84. The molecule has 0 saturated carbocycles. The highest BCUT2D eigenvalue weighted by atomic mass is 16.4. The molecule has 2 aliphatic rings. The predicted molar refractivity (Wildman–Crippen MR) is 171 cm³/mol. The van der Waals surface area contributed by atoms with Crippen LogP contribution in [0.2, 0.25) is 0 Å². The summed E-state index contributed by atoms with van der Waals surface area (Å²) in [6, 6.07) is 9.85. The number of nitrogens with two attached hydrogens (primary N) is 1. The van der Waals surface area contributed by atoms with E-state index in [2.05, 4.69) is 20.6 Å². The first kappa shape index (κ1) is 29.6. The number of carbonyl (C=O) groups excluding carboxylic acids is 2. The molecule has 0 radical (unpaired) electrons. The van der Waals surface area contributed by atoms with E-state index in [1.54, 1.807) is 17.9 Å². The van der Waals surface area contributed by atoms with Crippen LogP contribution in [-0.4, -0.2) is 43.8 Å². The van der Waals surface area contributed by atoms with Gasteiger partial charge in [0.1, 0.15) is 22.8 Å². The molecule has 0 bridgehead atoms. The van der Waals surface area contributed by atoms with Crippen molar-refractivity contribution in [3.05, 3.63) is 124 Å². The van der Waals surface area contributed by atoms with Crippen LogP contribution in [0, 0.1) is 6.92 Å². The fraction of sp³-hybridized carbons (Fsp3) is 0.242. The molecular formula is C33H29N7O7. The van der Waals surface area contributed by atoms with Gasteiger partial charge in [-0.2, -0.15) is 0 Å². The molecule has 238 valence electrons. The van der Waals surface area contributed by atoms with E-state index < -0.39 is 40.4 Å². The summed E-state index contributed by atoms with van der Waals surface area (Å²) in [7, 11) is 0. The average Bonchev–Trinajstić information content (AvgIpc) is 3.66. The largest absolute Gasteiger partial charge is 0.478 e. The van der Waals surface area contributed by atoms with Gasteiger partial charge >= 0.3 is 11.7 Å². The van der Waals surface area contributed by atoms with E-state index in [0.717, 1.165) is 32.2 Å². The summed E-state index contributed by atoms with van der Waals surface area (Å²) >= 11 is 0. The van der Waals surface area contributed by atoms with Crippen LogP contribution in [0.25, 0.3) is 5.65 Å². The van der Waals surface area contributed by atoms with Crippen molar-refractivity contribution in [3.8, 4) is 0 Å². The molecule has 14 nitrogen and oxygen atoms in total. The van der Waals surface area contributed by atoms with Crippen molar-refractivity contribution in [3.63, 3.8) is 0 Å². The molecule has 0 fully saturated rings. The number of hydrogen-bond donors (Lipinski definition) is 5. The first-order valence-electron chi connectivity index (χ1n) is 15.0. The van der Waals surface area contributed by atoms with Crippen LogP contribution in [0.1, 0.15) is 77.2 Å². The van der Waals surface area contributed by atoms with Gasteiger partial charge in [-0.15, -0.1) is 0 Å². The summed E-state index contributed by atoms with van der Waals surface area (Å²) in [5, 5.41) is 15.2. The lowest BCUT2D eigenvalue weighted by molar-refractivity contribution is 0.0695. The van der Waals surface area contributed by atoms with E-state index in [9.17, 15) is 33.9 Å². The number of fused-ring (bicyclic) bond motifs is 3. The van der Waals surface area contributed by atoms with Crippen molar-refractivity contribution in [2.45, 2.75) is 45.3 Å². The lowest BCUT2D eigenvalue weighted by atomic mass is 9.96. The Labute approximate surface area is 265 Å². The number of aromatic nitrogens is 3. The summed E-state index contributed by atoms with van der Waals surface area (Å²) in [6.07, 6.45) is 3.11. The number of aromatic amines is 1. The highest BCUT2D eigenvalue weighted by Crippen LogP contribution is 2.35. The summed E-state index contributed by atoms with van der Waals surface area (Å²) in [5.41, 5.74) is 9.51. The second-order valence-electron chi connectivity index (χ2n) is 11.9. The summed E-state index contributed by atoms with van der Waals surface area (Å²) in [4.78, 5) is 83.3. The number of nitrogens with one attached hydrogen (secondary N) is 3. The third kappa shape index (κ3) is 4.94. The monoisotopic (exact) mass is 635 g/mol. The molecule has 7 rings (SSSR count). The Morgan fingerprint density at radius 2 is 1.85 bits per heavy atom. The number of amides is 2. The first-order valence-corrected chi connectivity index (χ1v) is 15.0. The second kappa shape index (κ2) is 11.1. The topological polar surface area (TPSA) is 209 Å². The van der Waals surface area contributed by atoms with E-state index >= 15 is 0 Å². The average molecular weight is 636 g/mol. The Hall–Kier alpha value is -6.05. The number of nitrogen functional groups attached to an aromatic ring is 1. The molecule has 2 aromatic heterocycles. The van der Waals surface area contributed by atoms with Crippen LogP contribution >= 0.6 is 0 Å². The molecule has 6 N–H and O–H groups in total. The summed E-state index contributed by atoms with van der Waals surface area (Å²) in [5.74, 6) is -2.17. The maximum atomic E-state index is 13.6. The lowest BCUT2D eigenvalue weighted by Crippen LogP contribution is -2.44. The van der Waals surface area contributed by atoms with Gasteiger partial charge in [0.2, 0.25) is 0 Å². The molecule has 3 heterocycles. The highest BCUT2D eigenvalue weighted by molar-refractivity contribution is 5.98. The fourth-order valence-corrected chi connectivity index (χ4v) is 6.70. The standard InChI is InChI=1S/C33H29N7O7/c1-15-19-6-7-22(21(19)5-4-20(15)32(45)46)38-31(44)24-11-23(37-25-13-36-33(47)40(24)25)30(43)35-12-16-2-3-17-8-9-39(14-18(17)10-16)27-26(34)28(41)29(27)42/h2-5,10-11,13,22H,6-9,12,14,34H2,1H3,(H,35,43)(H,36,47)(H,38,44)(H,45,46)/t22-/m0/s1. The number of hydrogen-bond acceptors (Lipinski definition) is 9. The zero-order valence-electron chi connectivity index (χ0n) is 25.2. The number of nitrogens with zero attached hydrogens (tertiary/aromatic N) is 3. The zero-order valence-corrected chi connectivity index (χ0v) is 25.2. The number of anilines is 2. The summed E-state index contributed by atoms with van der Waals surface area (Å²) < 4.78 is 1.10. The van der Waals surface area contributed by atoms with E-state index in [1.807, 2.05) is 18.2 Å². The number of aromatic carboxylic acids is 1. The van der Waals surface area contributed by atoms with Crippen molar-refractivity contribution in [1.82, 2.24) is 25.0 Å². The van der Waals surface area contributed by atoms with E-state index in [0.29, 0.717) is 37.9 Å². The molecule has 47 heavy (non-hydrogen) atoms. The van der Waals surface area contributed by atoms with Crippen LogP contribution in [0.15, 0.2) is 57.0 Å². The first-order chi connectivity index (χ1) is 22.5. The Balaban J connectivity index is 1.09. The number of carbonyl (C=O) groups is 3. The molecule has 1 aliphatic carbocycles. The van der Waals surface area contributed by atoms with Gasteiger partial charge in [-0.1, -0.05) is 24.3 Å². The molecule has 0 spiro atoms. The number of imidazole rings is 1. The van der Waals surface area contributed by atoms with E-state index in [-0.39, 0.29) is 40.5 Å². The SMILES string of the molecule is Cc1c(C(=O)O)ccc2c1CC[C@@H]2NC(=O)c1cc(C(=O)NCc2ccc3c(c2)CN(c2c(N)c(=O)c2=O)CC3)nc2c[nH]c(=O)n12. The number of H-pyrrole nitrogens is 1. The third-order valence-corrected chi connectivity index (χ3v) is 9.17. The lowest BCUT2D eigenvalue weighted by Gasteiger charge is -2.32. The van der Waals surface area contributed by atoms with Gasteiger partial charge in [0, 0.05) is 25.8 Å². The normalized spacial score (nSPS) is 15.4. The smallest absolute Gasteiger partial charge is 0.335 e. The fourth-order valence-electron chi connectivity index (χ4n) is 6.70. The Kier molecular flexibility index (Phi) is 6.99. The van der Waals surface area contributed by atoms with Crippen LogP contribution in [0.5, 0.6) is 0 Å². The van der Waals surface area contributed by atoms with Crippen LogP contribution in [0.3, 0.4) is 0 Å². The maximum Gasteiger partial charge on any atom is 0.335 e. The number of carboxylic acids is 1. The highest BCUT2D eigenvalue weighted by Gasteiger charge is 2.30. The van der Waals surface area contributed by atoms with Gasteiger partial charge in [-0.05, 0) is 71.7 Å². The zero-order chi connectivity index (χ0) is 33.1. The van der Waals surface area contributed by atoms with Crippen molar-refractivity contribution >= 4 is 34.8 Å². The molecule has 0 saturated heterocycles. The van der Waals surface area contributed by atoms with Gasteiger partial charge in [-0.3, -0.25) is 19.2 Å². The number of carboxylic acid groups (broad SMARTS) is 1. The molecule has 5 aromatic rings.